The van der Waals surface area contributed by atoms with Crippen LogP contribution in [0.1, 0.15) is 0 Å². The molecule has 0 saturated heterocycles. The number of fused-ring (bicyclic) bond motifs is 9. The zero-order chi connectivity index (χ0) is 42.7. The van der Waals surface area contributed by atoms with Crippen molar-refractivity contribution in [3.8, 4) is 51.0 Å². The van der Waals surface area contributed by atoms with E-state index < -0.39 is 0 Å². The van der Waals surface area contributed by atoms with Gasteiger partial charge < -0.3 is 13.4 Å². The fourth-order valence-corrected chi connectivity index (χ4v) is 9.05. The van der Waals surface area contributed by atoms with Gasteiger partial charge in [0.2, 0.25) is 0 Å². The van der Waals surface area contributed by atoms with E-state index in [-0.39, 0.29) is 0 Å². The third kappa shape index (κ3) is 5.70. The summed E-state index contributed by atoms with van der Waals surface area (Å²) >= 11 is 0. The van der Waals surface area contributed by atoms with Gasteiger partial charge in [-0.25, -0.2) is 15.0 Å². The second kappa shape index (κ2) is 14.0. The number of hydrogen-bond acceptors (Lipinski definition) is 5. The molecule has 12 aromatic rings. The Bertz CT molecular complexity index is 3810. The van der Waals surface area contributed by atoms with E-state index in [1.807, 2.05) is 114 Å². The van der Waals surface area contributed by atoms with Crippen LogP contribution in [0.4, 0.5) is 0 Å². The molecule has 0 saturated carbocycles. The van der Waals surface area contributed by atoms with Crippen molar-refractivity contribution in [3.63, 3.8) is 0 Å². The van der Waals surface area contributed by atoms with Crippen molar-refractivity contribution in [1.29, 1.82) is 0 Å². The Labute approximate surface area is 368 Å². The van der Waals surface area contributed by atoms with Crippen molar-refractivity contribution in [2.45, 2.75) is 0 Å². The van der Waals surface area contributed by atoms with E-state index >= 15 is 0 Å². The largest absolute Gasteiger partial charge is 0.455 e. The van der Waals surface area contributed by atoms with Gasteiger partial charge in [0.1, 0.15) is 69.4 Å². The minimum absolute atomic E-state index is 0.323. The average molecular weight is 790 g/mol. The van der Waals surface area contributed by atoms with Crippen LogP contribution in [-0.4, -0.2) is 66.6 Å². The monoisotopic (exact) mass is 790 g/mol. The predicted molar refractivity (Wildman–Crippen MR) is 263 cm³/mol. The Morgan fingerprint density at radius 2 is 0.937 bits per heavy atom. The van der Waals surface area contributed by atoms with Crippen molar-refractivity contribution < 1.29 is 8.83 Å². The number of furan rings is 2. The third-order valence-electron chi connectivity index (χ3n) is 12.0. The van der Waals surface area contributed by atoms with Gasteiger partial charge in [-0.2, -0.15) is 0 Å². The van der Waals surface area contributed by atoms with Gasteiger partial charge in [0.25, 0.3) is 0 Å². The number of aromatic nitrogens is 4. The molecule has 8 aromatic carbocycles. The van der Waals surface area contributed by atoms with Gasteiger partial charge in [-0.05, 0) is 52.7 Å². The van der Waals surface area contributed by atoms with Gasteiger partial charge in [0.15, 0.2) is 17.5 Å². The molecular formula is C51H24B6N4O2. The zero-order valence-corrected chi connectivity index (χ0v) is 33.4. The van der Waals surface area contributed by atoms with Gasteiger partial charge in [-0.15, -0.1) is 10.9 Å². The lowest BCUT2D eigenvalue weighted by molar-refractivity contribution is 0.669. The highest BCUT2D eigenvalue weighted by atomic mass is 16.3. The first-order valence-electron chi connectivity index (χ1n) is 20.3. The Morgan fingerprint density at radius 1 is 0.381 bits per heavy atom. The lowest BCUT2D eigenvalue weighted by Gasteiger charge is -2.15. The molecule has 0 bridgehead atoms. The van der Waals surface area contributed by atoms with Gasteiger partial charge in [-0.3, -0.25) is 0 Å². The van der Waals surface area contributed by atoms with Crippen LogP contribution in [-0.2, 0) is 0 Å². The first-order chi connectivity index (χ1) is 30.7. The maximum absolute atomic E-state index is 6.87. The number of para-hydroxylation sites is 2. The Kier molecular flexibility index (Phi) is 8.32. The molecule has 4 heterocycles. The molecule has 0 N–H and O–H groups in total. The minimum atomic E-state index is 0.323. The van der Waals surface area contributed by atoms with E-state index in [1.165, 1.54) is 0 Å². The third-order valence-corrected chi connectivity index (χ3v) is 12.0. The quantitative estimate of drug-likeness (QED) is 0.195. The van der Waals surface area contributed by atoms with E-state index in [0.29, 0.717) is 88.8 Å². The van der Waals surface area contributed by atoms with E-state index in [4.69, 9.17) is 70.9 Å². The molecule has 0 amide bonds. The molecule has 4 aromatic heterocycles. The molecule has 0 aliphatic heterocycles. The SMILES string of the molecule is [B]c1cc([B])c2c(c1[B])c1c([B])c([B])cc([B])c1n2-c1cc(-c2ccccc2)c2oc3cc(-c4nc(-c5ccccc5)nc(-c5cccc6c5oc5ccccc56)n4)ccc3c2c1. The van der Waals surface area contributed by atoms with Crippen LogP contribution in [0.15, 0.2) is 154 Å². The second-order valence-corrected chi connectivity index (χ2v) is 15.7. The smallest absolute Gasteiger partial charge is 0.167 e. The molecule has 63 heavy (non-hydrogen) atoms. The van der Waals surface area contributed by atoms with Crippen LogP contribution in [0.3, 0.4) is 0 Å². The van der Waals surface area contributed by atoms with Crippen molar-refractivity contribution in [1.82, 2.24) is 19.5 Å². The maximum atomic E-state index is 6.87. The first-order valence-corrected chi connectivity index (χ1v) is 20.3. The summed E-state index contributed by atoms with van der Waals surface area (Å²) in [6.07, 6.45) is 0. The molecule has 0 unspecified atom stereocenters. The standard InChI is InChI=1S/C51H24B6N4O2/c52-35-23-37(54)45-41(43(35)56)42-44(57)36(53)24-38(55)46(42)61(45)28-21-33(25-10-3-1-4-11-25)48-34(22-28)30-19-18-27(20-40(30)63-48)50-58-49(26-12-5-2-6-13-26)59-51(60-50)32-16-9-15-31-29-14-7-8-17-39(29)62-47(31)32/h1-24H. The van der Waals surface area contributed by atoms with Gasteiger partial charge in [-0.1, -0.05) is 131 Å². The number of hydrogen-bond donors (Lipinski definition) is 0. The Morgan fingerprint density at radius 3 is 1.63 bits per heavy atom. The van der Waals surface area contributed by atoms with Crippen molar-refractivity contribution in [3.05, 3.63) is 146 Å². The number of rotatable bonds is 5. The highest BCUT2D eigenvalue weighted by molar-refractivity contribution is 6.62. The summed E-state index contributed by atoms with van der Waals surface area (Å²) < 4.78 is 15.3. The van der Waals surface area contributed by atoms with Crippen LogP contribution in [0.5, 0.6) is 0 Å². The van der Waals surface area contributed by atoms with Crippen LogP contribution in [0.25, 0.3) is 117 Å². The van der Waals surface area contributed by atoms with Gasteiger partial charge in [0.05, 0.1) is 5.56 Å². The fourth-order valence-electron chi connectivity index (χ4n) is 9.05. The summed E-state index contributed by atoms with van der Waals surface area (Å²) in [5.74, 6) is 1.49. The Balaban J connectivity index is 1.10. The molecule has 0 atom stereocenters. The van der Waals surface area contributed by atoms with E-state index in [0.717, 1.165) is 60.6 Å². The molecule has 0 aliphatic carbocycles. The lowest BCUT2D eigenvalue weighted by atomic mass is 9.71. The van der Waals surface area contributed by atoms with E-state index in [2.05, 4.69) is 24.3 Å². The van der Waals surface area contributed by atoms with Crippen LogP contribution in [0, 0.1) is 0 Å². The van der Waals surface area contributed by atoms with Crippen molar-refractivity contribution in [2.75, 3.05) is 0 Å². The maximum Gasteiger partial charge on any atom is 0.167 e. The number of benzene rings is 8. The summed E-state index contributed by atoms with van der Waals surface area (Å²) in [6.45, 7) is 0. The van der Waals surface area contributed by atoms with Gasteiger partial charge in [0, 0.05) is 55.0 Å². The Hall–Kier alpha value is -7.44. The summed E-state index contributed by atoms with van der Waals surface area (Å²) in [5.41, 5.74) is 11.0. The lowest BCUT2D eigenvalue weighted by Crippen LogP contribution is -2.33. The minimum Gasteiger partial charge on any atom is -0.455 e. The second-order valence-electron chi connectivity index (χ2n) is 15.7. The van der Waals surface area contributed by atoms with Crippen molar-refractivity contribution >= 4 is 146 Å². The van der Waals surface area contributed by atoms with E-state index in [9.17, 15) is 0 Å². The molecule has 12 rings (SSSR count). The molecule has 278 valence electrons. The van der Waals surface area contributed by atoms with Gasteiger partial charge >= 0.3 is 0 Å². The molecule has 0 fully saturated rings. The van der Waals surface area contributed by atoms with Crippen LogP contribution < -0.4 is 32.8 Å². The van der Waals surface area contributed by atoms with Crippen LogP contribution in [0.2, 0.25) is 0 Å². The molecule has 0 spiro atoms. The van der Waals surface area contributed by atoms with E-state index in [1.54, 1.807) is 12.1 Å². The highest BCUT2D eigenvalue weighted by Crippen LogP contribution is 2.41. The number of nitrogens with zero attached hydrogens (tertiary/aromatic N) is 4. The topological polar surface area (TPSA) is 69.9 Å². The van der Waals surface area contributed by atoms with Crippen LogP contribution >= 0.6 is 0 Å². The zero-order valence-electron chi connectivity index (χ0n) is 33.4. The molecule has 6 nitrogen and oxygen atoms in total. The molecule has 12 heteroatoms. The first kappa shape index (κ1) is 37.3. The van der Waals surface area contributed by atoms with Crippen molar-refractivity contribution in [2.24, 2.45) is 0 Å². The highest BCUT2D eigenvalue weighted by Gasteiger charge is 2.24. The molecule has 12 radical (unpaired) electrons. The fraction of sp³-hybridized carbons (Fsp3) is 0. The predicted octanol–water partition coefficient (Wildman–Crippen LogP) is 6.20. The molecular weight excluding hydrogens is 765 g/mol. The molecule has 0 aliphatic rings. The normalized spacial score (nSPS) is 11.9. The summed E-state index contributed by atoms with van der Waals surface area (Å²) in [7, 11) is 39.8. The summed E-state index contributed by atoms with van der Waals surface area (Å²) in [6, 6.07) is 47.4. The average Bonchev–Trinajstić information content (AvgIpc) is 4.01. The summed E-state index contributed by atoms with van der Waals surface area (Å²) in [4.78, 5) is 15.2. The summed E-state index contributed by atoms with van der Waals surface area (Å²) in [5, 5.41) is 4.87.